The number of rotatable bonds is 5. The molecule has 1 aliphatic heterocycles. The second-order valence-electron chi connectivity index (χ2n) is 7.65. The van der Waals surface area contributed by atoms with Crippen molar-refractivity contribution in [1.82, 2.24) is 19.4 Å². The van der Waals surface area contributed by atoms with E-state index in [1.807, 2.05) is 18.3 Å². The lowest BCUT2D eigenvalue weighted by molar-refractivity contribution is -0.131. The Hall–Kier alpha value is -1.91. The van der Waals surface area contributed by atoms with Crippen LogP contribution in [0.25, 0.3) is 11.2 Å². The molecular weight excluding hydrogens is 312 g/mol. The number of nitrogens with zero attached hydrogens (tertiary/aromatic N) is 4. The molecule has 5 nitrogen and oxygen atoms in total. The van der Waals surface area contributed by atoms with Gasteiger partial charge in [0.1, 0.15) is 11.3 Å². The Morgan fingerprint density at radius 2 is 2.12 bits per heavy atom. The zero-order valence-electron chi connectivity index (χ0n) is 15.2. The molecular formula is C20H28N4O. The SMILES string of the molecule is CCCn1c(C2CCN(C(=O)CC3CCCC3)C2)nc2cccnc21. The number of aromatic nitrogens is 3. The summed E-state index contributed by atoms with van der Waals surface area (Å²) in [4.78, 5) is 24.1. The highest BCUT2D eigenvalue weighted by Crippen LogP contribution is 2.32. The van der Waals surface area contributed by atoms with Gasteiger partial charge >= 0.3 is 0 Å². The number of hydrogen-bond donors (Lipinski definition) is 0. The number of likely N-dealkylation sites (tertiary alicyclic amines) is 1. The number of pyridine rings is 1. The van der Waals surface area contributed by atoms with Gasteiger partial charge in [0.2, 0.25) is 5.91 Å². The summed E-state index contributed by atoms with van der Waals surface area (Å²) in [7, 11) is 0. The first-order valence-corrected chi connectivity index (χ1v) is 9.85. The average molecular weight is 340 g/mol. The standard InChI is InChI=1S/C20H28N4O/c1-2-11-24-19(22-17-8-5-10-21-20(17)24)16-9-12-23(14-16)18(25)13-15-6-3-4-7-15/h5,8,10,15-16H,2-4,6-7,9,11-14H2,1H3. The summed E-state index contributed by atoms with van der Waals surface area (Å²) in [5.41, 5.74) is 1.96. The molecule has 2 aromatic rings. The van der Waals surface area contributed by atoms with Crippen LogP contribution in [0.4, 0.5) is 0 Å². The number of amides is 1. The number of hydrogen-bond acceptors (Lipinski definition) is 3. The minimum Gasteiger partial charge on any atom is -0.342 e. The molecule has 134 valence electrons. The van der Waals surface area contributed by atoms with E-state index in [0.29, 0.717) is 17.7 Å². The number of carbonyl (C=O) groups excluding carboxylic acids is 1. The highest BCUT2D eigenvalue weighted by atomic mass is 16.2. The van der Waals surface area contributed by atoms with Crippen LogP contribution < -0.4 is 0 Å². The maximum Gasteiger partial charge on any atom is 0.222 e. The second kappa shape index (κ2) is 7.14. The molecule has 1 saturated heterocycles. The summed E-state index contributed by atoms with van der Waals surface area (Å²) in [5.74, 6) is 2.44. The second-order valence-corrected chi connectivity index (χ2v) is 7.65. The minimum absolute atomic E-state index is 0.341. The molecule has 3 heterocycles. The van der Waals surface area contributed by atoms with E-state index >= 15 is 0 Å². The topological polar surface area (TPSA) is 51.0 Å². The fourth-order valence-electron chi connectivity index (χ4n) is 4.52. The van der Waals surface area contributed by atoms with Crippen molar-refractivity contribution in [3.8, 4) is 0 Å². The van der Waals surface area contributed by atoms with E-state index in [0.717, 1.165) is 55.9 Å². The van der Waals surface area contributed by atoms with Crippen molar-refractivity contribution in [2.75, 3.05) is 13.1 Å². The molecule has 1 saturated carbocycles. The minimum atomic E-state index is 0.341. The van der Waals surface area contributed by atoms with Gasteiger partial charge in [0, 0.05) is 38.2 Å². The first-order chi connectivity index (χ1) is 12.3. The first-order valence-electron chi connectivity index (χ1n) is 9.85. The van der Waals surface area contributed by atoms with E-state index in [-0.39, 0.29) is 0 Å². The Bertz CT molecular complexity index is 747. The third-order valence-electron chi connectivity index (χ3n) is 5.82. The molecule has 0 N–H and O–H groups in total. The van der Waals surface area contributed by atoms with Crippen molar-refractivity contribution >= 4 is 17.1 Å². The smallest absolute Gasteiger partial charge is 0.222 e. The van der Waals surface area contributed by atoms with Gasteiger partial charge in [0.15, 0.2) is 5.65 Å². The van der Waals surface area contributed by atoms with E-state index in [2.05, 4.69) is 21.4 Å². The molecule has 2 aliphatic rings. The van der Waals surface area contributed by atoms with Gasteiger partial charge in [-0.3, -0.25) is 4.79 Å². The van der Waals surface area contributed by atoms with Crippen LogP contribution in [0, 0.1) is 5.92 Å². The summed E-state index contributed by atoms with van der Waals surface area (Å²) in [5, 5.41) is 0. The molecule has 1 atom stereocenters. The van der Waals surface area contributed by atoms with Gasteiger partial charge in [-0.1, -0.05) is 19.8 Å². The Morgan fingerprint density at radius 3 is 2.92 bits per heavy atom. The van der Waals surface area contributed by atoms with Crippen LogP contribution in [0.3, 0.4) is 0 Å². The van der Waals surface area contributed by atoms with E-state index in [9.17, 15) is 4.79 Å². The number of imidazole rings is 1. The van der Waals surface area contributed by atoms with Crippen LogP contribution in [0.5, 0.6) is 0 Å². The monoisotopic (exact) mass is 340 g/mol. The van der Waals surface area contributed by atoms with Crippen molar-refractivity contribution in [3.63, 3.8) is 0 Å². The quantitative estimate of drug-likeness (QED) is 0.833. The molecule has 0 radical (unpaired) electrons. The first kappa shape index (κ1) is 16.6. The molecule has 0 aromatic carbocycles. The third-order valence-corrected chi connectivity index (χ3v) is 5.82. The number of carbonyl (C=O) groups is 1. The molecule has 25 heavy (non-hydrogen) atoms. The Kier molecular flexibility index (Phi) is 4.73. The highest BCUT2D eigenvalue weighted by molar-refractivity contribution is 5.77. The summed E-state index contributed by atoms with van der Waals surface area (Å²) >= 11 is 0. The molecule has 5 heteroatoms. The molecule has 2 aromatic heterocycles. The van der Waals surface area contributed by atoms with Crippen molar-refractivity contribution < 1.29 is 4.79 Å². The predicted molar refractivity (Wildman–Crippen MR) is 98.3 cm³/mol. The zero-order valence-corrected chi connectivity index (χ0v) is 15.2. The molecule has 1 amide bonds. The van der Waals surface area contributed by atoms with Gasteiger partial charge in [0.05, 0.1) is 0 Å². The molecule has 4 rings (SSSR count). The van der Waals surface area contributed by atoms with Gasteiger partial charge in [-0.05, 0) is 43.7 Å². The predicted octanol–water partition coefficient (Wildman–Crippen LogP) is 3.74. The van der Waals surface area contributed by atoms with Crippen molar-refractivity contribution in [2.45, 2.75) is 64.3 Å². The lowest BCUT2D eigenvalue weighted by atomic mass is 10.0. The van der Waals surface area contributed by atoms with E-state index in [1.54, 1.807) is 0 Å². The van der Waals surface area contributed by atoms with Gasteiger partial charge in [-0.25, -0.2) is 9.97 Å². The van der Waals surface area contributed by atoms with Gasteiger partial charge in [-0.15, -0.1) is 0 Å². The lowest BCUT2D eigenvalue weighted by Crippen LogP contribution is -2.30. The Morgan fingerprint density at radius 1 is 1.28 bits per heavy atom. The van der Waals surface area contributed by atoms with Gasteiger partial charge in [-0.2, -0.15) is 0 Å². The number of aryl methyl sites for hydroxylation is 1. The van der Waals surface area contributed by atoms with Crippen molar-refractivity contribution in [2.24, 2.45) is 5.92 Å². The van der Waals surface area contributed by atoms with E-state index in [4.69, 9.17) is 4.98 Å². The summed E-state index contributed by atoms with van der Waals surface area (Å²) < 4.78 is 2.27. The largest absolute Gasteiger partial charge is 0.342 e. The maximum absolute atomic E-state index is 12.6. The Labute approximate surface area is 149 Å². The maximum atomic E-state index is 12.6. The molecule has 2 fully saturated rings. The summed E-state index contributed by atoms with van der Waals surface area (Å²) in [6.45, 7) is 4.82. The van der Waals surface area contributed by atoms with E-state index in [1.165, 1.54) is 25.7 Å². The third kappa shape index (κ3) is 3.29. The van der Waals surface area contributed by atoms with Crippen LogP contribution >= 0.6 is 0 Å². The fourth-order valence-corrected chi connectivity index (χ4v) is 4.52. The fraction of sp³-hybridized carbons (Fsp3) is 0.650. The molecule has 0 spiro atoms. The van der Waals surface area contributed by atoms with Gasteiger partial charge in [0.25, 0.3) is 0 Å². The summed E-state index contributed by atoms with van der Waals surface area (Å²) in [6, 6.07) is 3.98. The molecule has 1 aliphatic carbocycles. The number of fused-ring (bicyclic) bond motifs is 1. The molecule has 0 bridgehead atoms. The van der Waals surface area contributed by atoms with Crippen LogP contribution in [-0.4, -0.2) is 38.4 Å². The summed E-state index contributed by atoms with van der Waals surface area (Å²) in [6.07, 6.45) is 9.74. The van der Waals surface area contributed by atoms with Gasteiger partial charge < -0.3 is 9.47 Å². The van der Waals surface area contributed by atoms with Crippen LogP contribution in [0.2, 0.25) is 0 Å². The normalized spacial score (nSPS) is 21.5. The lowest BCUT2D eigenvalue weighted by Gasteiger charge is -2.19. The van der Waals surface area contributed by atoms with Crippen molar-refractivity contribution in [1.29, 1.82) is 0 Å². The average Bonchev–Trinajstić information content (AvgIpc) is 3.34. The van der Waals surface area contributed by atoms with E-state index < -0.39 is 0 Å². The van der Waals surface area contributed by atoms with Crippen LogP contribution in [0.15, 0.2) is 18.3 Å². The van der Waals surface area contributed by atoms with Crippen LogP contribution in [0.1, 0.15) is 63.6 Å². The molecule has 1 unspecified atom stereocenters. The highest BCUT2D eigenvalue weighted by Gasteiger charge is 2.32. The zero-order chi connectivity index (χ0) is 17.2. The van der Waals surface area contributed by atoms with Crippen LogP contribution in [-0.2, 0) is 11.3 Å². The van der Waals surface area contributed by atoms with Crippen molar-refractivity contribution in [3.05, 3.63) is 24.2 Å². The Balaban J connectivity index is 1.50.